The fourth-order valence-electron chi connectivity index (χ4n) is 4.96. The Labute approximate surface area is 233 Å². The summed E-state index contributed by atoms with van der Waals surface area (Å²) < 4.78 is 0. The molecule has 0 amide bonds. The topological polar surface area (TPSA) is 29.3 Å². The predicted octanol–water partition coefficient (Wildman–Crippen LogP) is 9.39. The third-order valence-electron chi connectivity index (χ3n) is 6.92. The number of nitrogen functional groups attached to an aromatic ring is 1. The van der Waals surface area contributed by atoms with Crippen molar-refractivity contribution in [1.82, 2.24) is 4.90 Å². The molecule has 0 bridgehead atoms. The first-order valence-corrected chi connectivity index (χ1v) is 14.4. The number of hydrogen-bond acceptors (Lipinski definition) is 2. The van der Waals surface area contributed by atoms with E-state index in [0.29, 0.717) is 0 Å². The second-order valence-electron chi connectivity index (χ2n) is 10.2. The maximum atomic E-state index is 6.00. The quantitative estimate of drug-likeness (QED) is 0.186. The van der Waals surface area contributed by atoms with Crippen LogP contribution in [0.1, 0.15) is 81.2 Å². The van der Waals surface area contributed by atoms with Crippen LogP contribution in [-0.4, -0.2) is 24.5 Å². The van der Waals surface area contributed by atoms with E-state index in [1.165, 1.54) is 84.3 Å². The molecule has 204 valence electrons. The number of aryl methyl sites for hydroxylation is 2. The van der Waals surface area contributed by atoms with E-state index in [1.807, 2.05) is 13.0 Å². The molecule has 3 aromatic rings. The van der Waals surface area contributed by atoms with E-state index in [0.717, 1.165) is 18.5 Å². The van der Waals surface area contributed by atoms with E-state index in [1.54, 1.807) is 6.08 Å². The first-order chi connectivity index (χ1) is 18.4. The molecule has 0 aromatic heterocycles. The van der Waals surface area contributed by atoms with Crippen molar-refractivity contribution in [1.29, 1.82) is 0 Å². The summed E-state index contributed by atoms with van der Waals surface area (Å²) in [7, 11) is 0. The summed E-state index contributed by atoms with van der Waals surface area (Å²) in [6.45, 7) is 18.1. The molecule has 1 aliphatic rings. The Hall–Kier alpha value is -3.10. The minimum Gasteiger partial charge on any atom is -0.399 e. The van der Waals surface area contributed by atoms with Crippen LogP contribution in [0, 0.1) is 6.92 Å². The minimum absolute atomic E-state index is 0.817. The van der Waals surface area contributed by atoms with E-state index in [9.17, 15) is 0 Å². The average molecular weight is 511 g/mol. The summed E-state index contributed by atoms with van der Waals surface area (Å²) in [4.78, 5) is 2.54. The second-order valence-corrected chi connectivity index (χ2v) is 10.2. The first-order valence-electron chi connectivity index (χ1n) is 14.4. The fourth-order valence-corrected chi connectivity index (χ4v) is 4.96. The minimum atomic E-state index is 0.817. The van der Waals surface area contributed by atoms with Crippen LogP contribution in [0.2, 0.25) is 0 Å². The van der Waals surface area contributed by atoms with E-state index in [2.05, 4.69) is 106 Å². The van der Waals surface area contributed by atoms with Crippen LogP contribution in [-0.2, 0) is 12.8 Å². The molecule has 0 spiro atoms. The van der Waals surface area contributed by atoms with Gasteiger partial charge < -0.3 is 10.6 Å². The standard InChI is InChI=1S/C26H29N.C7H15N.C3H6/c1-4-8-21-11-13-22(14-12-21)18-26(20(3)23-9-6-5-7-10-23)25-16-15-24(27)17-19(25)2;1-2-5-8-6-3-4-7-8;1-3-2/h5-7,9-17H,4,8,18,27H2,1-3H3;2-7H2,1H3;3H,1H2,2H3/b26-20+;;. The fraction of sp³-hybridized carbons (Fsp3) is 0.389. The number of nitrogens with two attached hydrogens (primary N) is 1. The third kappa shape index (κ3) is 10.3. The predicted molar refractivity (Wildman–Crippen MR) is 170 cm³/mol. The normalized spacial score (nSPS) is 13.5. The lowest BCUT2D eigenvalue weighted by atomic mass is 9.88. The summed E-state index contributed by atoms with van der Waals surface area (Å²) in [5.74, 6) is 0. The summed E-state index contributed by atoms with van der Waals surface area (Å²) in [6, 6.07) is 26.0. The van der Waals surface area contributed by atoms with Gasteiger partial charge in [0.15, 0.2) is 0 Å². The van der Waals surface area contributed by atoms with Crippen molar-refractivity contribution >= 4 is 16.8 Å². The molecule has 1 heterocycles. The summed E-state index contributed by atoms with van der Waals surface area (Å²) in [5.41, 5.74) is 16.0. The number of nitrogens with zero attached hydrogens (tertiary/aromatic N) is 1. The van der Waals surface area contributed by atoms with Crippen molar-refractivity contribution in [2.24, 2.45) is 0 Å². The molecule has 0 radical (unpaired) electrons. The Bertz CT molecular complexity index is 1100. The van der Waals surface area contributed by atoms with Gasteiger partial charge in [0.1, 0.15) is 0 Å². The van der Waals surface area contributed by atoms with Crippen LogP contribution < -0.4 is 5.73 Å². The molecular weight excluding hydrogens is 460 g/mol. The molecule has 3 aromatic carbocycles. The van der Waals surface area contributed by atoms with Gasteiger partial charge in [-0.1, -0.05) is 87.0 Å². The van der Waals surface area contributed by atoms with Gasteiger partial charge in [0, 0.05) is 5.69 Å². The third-order valence-corrected chi connectivity index (χ3v) is 6.92. The maximum Gasteiger partial charge on any atom is 0.0317 e. The van der Waals surface area contributed by atoms with Gasteiger partial charge in [0.2, 0.25) is 0 Å². The van der Waals surface area contributed by atoms with Crippen molar-refractivity contribution < 1.29 is 0 Å². The zero-order valence-electron chi connectivity index (χ0n) is 24.6. The second kappa shape index (κ2) is 17.4. The molecule has 0 atom stereocenters. The van der Waals surface area contributed by atoms with Crippen LogP contribution in [0.3, 0.4) is 0 Å². The van der Waals surface area contributed by atoms with Crippen molar-refractivity contribution in [2.45, 2.75) is 73.1 Å². The number of likely N-dealkylation sites (tertiary alicyclic amines) is 1. The zero-order chi connectivity index (χ0) is 27.8. The van der Waals surface area contributed by atoms with Crippen LogP contribution in [0.15, 0.2) is 85.5 Å². The molecule has 2 nitrogen and oxygen atoms in total. The molecule has 1 saturated heterocycles. The highest BCUT2D eigenvalue weighted by Crippen LogP contribution is 2.32. The van der Waals surface area contributed by atoms with Gasteiger partial charge in [-0.15, -0.1) is 6.58 Å². The molecule has 1 fully saturated rings. The van der Waals surface area contributed by atoms with Gasteiger partial charge in [0.05, 0.1) is 0 Å². The van der Waals surface area contributed by atoms with Gasteiger partial charge in [-0.3, -0.25) is 0 Å². The molecule has 1 aliphatic heterocycles. The number of hydrogen-bond donors (Lipinski definition) is 1. The lowest BCUT2D eigenvalue weighted by Crippen LogP contribution is -2.19. The largest absolute Gasteiger partial charge is 0.399 e. The van der Waals surface area contributed by atoms with Crippen LogP contribution in [0.5, 0.6) is 0 Å². The molecule has 0 unspecified atom stereocenters. The molecular formula is C36H50N2. The van der Waals surface area contributed by atoms with Gasteiger partial charge in [-0.05, 0) is 124 Å². The van der Waals surface area contributed by atoms with Crippen LogP contribution in [0.25, 0.3) is 11.1 Å². The molecule has 0 aliphatic carbocycles. The highest BCUT2D eigenvalue weighted by atomic mass is 15.1. The highest BCUT2D eigenvalue weighted by Gasteiger charge is 2.12. The van der Waals surface area contributed by atoms with Crippen molar-refractivity contribution in [2.75, 3.05) is 25.4 Å². The molecule has 4 rings (SSSR count). The Balaban J connectivity index is 0.000000385. The number of anilines is 1. The summed E-state index contributed by atoms with van der Waals surface area (Å²) in [6.07, 6.45) is 9.17. The lowest BCUT2D eigenvalue weighted by molar-refractivity contribution is 0.339. The van der Waals surface area contributed by atoms with Crippen molar-refractivity contribution in [3.8, 4) is 0 Å². The maximum absolute atomic E-state index is 6.00. The van der Waals surface area contributed by atoms with Gasteiger partial charge in [0.25, 0.3) is 0 Å². The zero-order valence-corrected chi connectivity index (χ0v) is 24.6. The molecule has 2 heteroatoms. The van der Waals surface area contributed by atoms with Gasteiger partial charge in [-0.2, -0.15) is 0 Å². The Morgan fingerprint density at radius 3 is 2.05 bits per heavy atom. The molecule has 0 saturated carbocycles. The summed E-state index contributed by atoms with van der Waals surface area (Å²) in [5, 5.41) is 0. The van der Waals surface area contributed by atoms with Gasteiger partial charge in [-0.25, -0.2) is 0 Å². The monoisotopic (exact) mass is 510 g/mol. The smallest absolute Gasteiger partial charge is 0.0317 e. The van der Waals surface area contributed by atoms with Crippen molar-refractivity contribution in [3.05, 3.63) is 113 Å². The van der Waals surface area contributed by atoms with Crippen LogP contribution >= 0.6 is 0 Å². The first kappa shape index (κ1) is 31.1. The van der Waals surface area contributed by atoms with E-state index < -0.39 is 0 Å². The van der Waals surface area contributed by atoms with E-state index in [-0.39, 0.29) is 0 Å². The number of benzene rings is 3. The van der Waals surface area contributed by atoms with Gasteiger partial charge >= 0.3 is 0 Å². The van der Waals surface area contributed by atoms with E-state index >= 15 is 0 Å². The van der Waals surface area contributed by atoms with E-state index in [4.69, 9.17) is 5.73 Å². The average Bonchev–Trinajstić information content (AvgIpc) is 3.43. The Morgan fingerprint density at radius 2 is 1.50 bits per heavy atom. The lowest BCUT2D eigenvalue weighted by Gasteiger charge is -2.17. The Kier molecular flexibility index (Phi) is 14.3. The van der Waals surface area contributed by atoms with Crippen LogP contribution in [0.4, 0.5) is 5.69 Å². The highest BCUT2D eigenvalue weighted by molar-refractivity contribution is 5.91. The molecule has 2 N–H and O–H groups in total. The SMILES string of the molecule is C=CC.CCCN1CCCC1.CCCc1ccc(C/C(=C(/C)c2ccccc2)c2ccc(N)cc2C)cc1. The number of allylic oxidation sites excluding steroid dienone is 3. The Morgan fingerprint density at radius 1 is 0.895 bits per heavy atom. The summed E-state index contributed by atoms with van der Waals surface area (Å²) >= 11 is 0. The van der Waals surface area contributed by atoms with Crippen molar-refractivity contribution in [3.63, 3.8) is 0 Å². The molecule has 38 heavy (non-hydrogen) atoms. The number of rotatable bonds is 8.